The second kappa shape index (κ2) is 7.57. The van der Waals surface area contributed by atoms with Crippen LogP contribution in [-0.4, -0.2) is 36.5 Å². The van der Waals surface area contributed by atoms with E-state index in [2.05, 4.69) is 10.2 Å². The SMILES string of the molecule is CC(N)C1CCN(CC(=O)Nc2cccc(F)c2)C1.Cl. The molecule has 0 radical (unpaired) electrons. The molecule has 6 heteroatoms. The summed E-state index contributed by atoms with van der Waals surface area (Å²) in [6.07, 6.45) is 1.03. The average Bonchev–Trinajstić information content (AvgIpc) is 2.77. The van der Waals surface area contributed by atoms with Gasteiger partial charge < -0.3 is 11.1 Å². The first-order valence-electron chi connectivity index (χ1n) is 6.58. The van der Waals surface area contributed by atoms with Gasteiger partial charge in [0.25, 0.3) is 0 Å². The molecule has 1 aliphatic rings. The number of hydrogen-bond acceptors (Lipinski definition) is 3. The highest BCUT2D eigenvalue weighted by Crippen LogP contribution is 2.18. The topological polar surface area (TPSA) is 58.4 Å². The highest BCUT2D eigenvalue weighted by molar-refractivity contribution is 5.92. The molecule has 1 saturated heterocycles. The van der Waals surface area contributed by atoms with E-state index < -0.39 is 0 Å². The second-order valence-electron chi connectivity index (χ2n) is 5.20. The van der Waals surface area contributed by atoms with Crippen LogP contribution < -0.4 is 11.1 Å². The fourth-order valence-electron chi connectivity index (χ4n) is 2.41. The summed E-state index contributed by atoms with van der Waals surface area (Å²) in [7, 11) is 0. The van der Waals surface area contributed by atoms with Gasteiger partial charge in [0.05, 0.1) is 6.54 Å². The van der Waals surface area contributed by atoms with Crippen molar-refractivity contribution in [2.75, 3.05) is 25.0 Å². The predicted octanol–water partition coefficient (Wildman–Crippen LogP) is 1.86. The van der Waals surface area contributed by atoms with Crippen molar-refractivity contribution in [3.63, 3.8) is 0 Å². The Labute approximate surface area is 124 Å². The van der Waals surface area contributed by atoms with Crippen LogP contribution in [0, 0.1) is 11.7 Å². The molecule has 0 saturated carbocycles. The molecule has 0 aromatic heterocycles. The van der Waals surface area contributed by atoms with Crippen molar-refractivity contribution in [1.29, 1.82) is 0 Å². The number of likely N-dealkylation sites (tertiary alicyclic amines) is 1. The Morgan fingerprint density at radius 2 is 2.35 bits per heavy atom. The van der Waals surface area contributed by atoms with Crippen LogP contribution in [0.15, 0.2) is 24.3 Å². The Kier molecular flexibility index (Phi) is 6.39. The number of amides is 1. The Morgan fingerprint density at radius 3 is 2.95 bits per heavy atom. The van der Waals surface area contributed by atoms with Crippen LogP contribution in [0.2, 0.25) is 0 Å². The zero-order chi connectivity index (χ0) is 13.8. The molecule has 1 heterocycles. The van der Waals surface area contributed by atoms with Crippen LogP contribution in [0.1, 0.15) is 13.3 Å². The molecule has 4 nitrogen and oxygen atoms in total. The molecule has 0 spiro atoms. The van der Waals surface area contributed by atoms with Crippen molar-refractivity contribution in [3.8, 4) is 0 Å². The summed E-state index contributed by atoms with van der Waals surface area (Å²) in [4.78, 5) is 13.9. The summed E-state index contributed by atoms with van der Waals surface area (Å²) in [6, 6.07) is 6.08. The molecule has 112 valence electrons. The minimum absolute atomic E-state index is 0. The fourth-order valence-corrected chi connectivity index (χ4v) is 2.41. The van der Waals surface area contributed by atoms with E-state index in [9.17, 15) is 9.18 Å². The summed E-state index contributed by atoms with van der Waals surface area (Å²) >= 11 is 0. The monoisotopic (exact) mass is 301 g/mol. The minimum Gasteiger partial charge on any atom is -0.328 e. The number of nitrogens with two attached hydrogens (primary N) is 1. The van der Waals surface area contributed by atoms with Crippen molar-refractivity contribution >= 4 is 24.0 Å². The summed E-state index contributed by atoms with van der Waals surface area (Å²) in [5, 5.41) is 2.70. The van der Waals surface area contributed by atoms with E-state index in [4.69, 9.17) is 5.73 Å². The van der Waals surface area contributed by atoms with Crippen molar-refractivity contribution < 1.29 is 9.18 Å². The van der Waals surface area contributed by atoms with E-state index in [0.29, 0.717) is 18.2 Å². The maximum Gasteiger partial charge on any atom is 0.238 e. The fraction of sp³-hybridized carbons (Fsp3) is 0.500. The van der Waals surface area contributed by atoms with Crippen LogP contribution in [0.4, 0.5) is 10.1 Å². The van der Waals surface area contributed by atoms with Gasteiger partial charge in [-0.15, -0.1) is 12.4 Å². The number of halogens is 2. The van der Waals surface area contributed by atoms with E-state index in [0.717, 1.165) is 19.5 Å². The van der Waals surface area contributed by atoms with E-state index in [1.54, 1.807) is 12.1 Å². The smallest absolute Gasteiger partial charge is 0.238 e. The lowest BCUT2D eigenvalue weighted by molar-refractivity contribution is -0.117. The van der Waals surface area contributed by atoms with Gasteiger partial charge in [-0.1, -0.05) is 6.07 Å². The van der Waals surface area contributed by atoms with Crippen LogP contribution in [0.3, 0.4) is 0 Å². The molecule has 1 aromatic rings. The van der Waals surface area contributed by atoms with Crippen molar-refractivity contribution in [1.82, 2.24) is 4.90 Å². The Morgan fingerprint density at radius 1 is 1.60 bits per heavy atom. The van der Waals surface area contributed by atoms with E-state index in [-0.39, 0.29) is 30.2 Å². The number of hydrogen-bond donors (Lipinski definition) is 2. The molecule has 2 unspecified atom stereocenters. The first-order chi connectivity index (χ1) is 9.04. The third-order valence-electron chi connectivity index (χ3n) is 3.53. The number of nitrogens with zero attached hydrogens (tertiary/aromatic N) is 1. The van der Waals surface area contributed by atoms with Crippen molar-refractivity contribution in [2.24, 2.45) is 11.7 Å². The number of carbonyl (C=O) groups is 1. The van der Waals surface area contributed by atoms with Gasteiger partial charge in [-0.2, -0.15) is 0 Å². The van der Waals surface area contributed by atoms with Crippen LogP contribution >= 0.6 is 12.4 Å². The van der Waals surface area contributed by atoms with Gasteiger partial charge in [0.1, 0.15) is 5.82 Å². The van der Waals surface area contributed by atoms with Gasteiger partial charge in [0.15, 0.2) is 0 Å². The largest absolute Gasteiger partial charge is 0.328 e. The molecule has 0 aliphatic carbocycles. The van der Waals surface area contributed by atoms with Gasteiger partial charge in [0, 0.05) is 18.3 Å². The Hall–Kier alpha value is -1.17. The Balaban J connectivity index is 0.00000200. The van der Waals surface area contributed by atoms with Gasteiger partial charge in [0.2, 0.25) is 5.91 Å². The molecule has 3 N–H and O–H groups in total. The van der Waals surface area contributed by atoms with Gasteiger partial charge >= 0.3 is 0 Å². The highest BCUT2D eigenvalue weighted by Gasteiger charge is 2.26. The molecular formula is C14H21ClFN3O. The average molecular weight is 302 g/mol. The van der Waals surface area contributed by atoms with Crippen LogP contribution in [0.5, 0.6) is 0 Å². The Bertz CT molecular complexity index is 456. The van der Waals surface area contributed by atoms with Gasteiger partial charge in [-0.3, -0.25) is 9.69 Å². The maximum atomic E-state index is 13.0. The quantitative estimate of drug-likeness (QED) is 0.892. The van der Waals surface area contributed by atoms with Gasteiger partial charge in [-0.05, 0) is 44.0 Å². The molecule has 0 bridgehead atoms. The number of nitrogens with one attached hydrogen (secondary N) is 1. The molecule has 1 amide bonds. The second-order valence-corrected chi connectivity index (χ2v) is 5.20. The molecule has 2 rings (SSSR count). The van der Waals surface area contributed by atoms with E-state index >= 15 is 0 Å². The lowest BCUT2D eigenvalue weighted by atomic mass is 10.0. The van der Waals surface area contributed by atoms with Crippen LogP contribution in [0.25, 0.3) is 0 Å². The third kappa shape index (κ3) is 4.74. The lowest BCUT2D eigenvalue weighted by Crippen LogP contribution is -2.34. The van der Waals surface area contributed by atoms with Gasteiger partial charge in [-0.25, -0.2) is 4.39 Å². The molecule has 1 fully saturated rings. The third-order valence-corrected chi connectivity index (χ3v) is 3.53. The molecular weight excluding hydrogens is 281 g/mol. The van der Waals surface area contributed by atoms with Crippen molar-refractivity contribution in [2.45, 2.75) is 19.4 Å². The normalized spacial score (nSPS) is 20.2. The number of anilines is 1. The minimum atomic E-state index is -0.351. The predicted molar refractivity (Wildman–Crippen MR) is 80.5 cm³/mol. The highest BCUT2D eigenvalue weighted by atomic mass is 35.5. The number of carbonyl (C=O) groups excluding carboxylic acids is 1. The van der Waals surface area contributed by atoms with Crippen LogP contribution in [-0.2, 0) is 4.79 Å². The molecule has 1 aliphatic heterocycles. The first-order valence-corrected chi connectivity index (χ1v) is 6.58. The first kappa shape index (κ1) is 16.9. The molecule has 1 aromatic carbocycles. The summed E-state index contributed by atoms with van der Waals surface area (Å²) in [6.45, 7) is 4.08. The maximum absolute atomic E-state index is 13.0. The number of rotatable bonds is 4. The number of benzene rings is 1. The standard InChI is InChI=1S/C14H20FN3O.ClH/c1-10(16)11-5-6-18(8-11)9-14(19)17-13-4-2-3-12(15)7-13;/h2-4,7,10-11H,5-6,8-9,16H2,1H3,(H,17,19);1H. The molecule has 2 atom stereocenters. The lowest BCUT2D eigenvalue weighted by Gasteiger charge is -2.17. The summed E-state index contributed by atoms with van der Waals surface area (Å²) < 4.78 is 13.0. The summed E-state index contributed by atoms with van der Waals surface area (Å²) in [5.74, 6) is -0.00566. The zero-order valence-corrected chi connectivity index (χ0v) is 12.3. The van der Waals surface area contributed by atoms with E-state index in [1.807, 2.05) is 6.92 Å². The van der Waals surface area contributed by atoms with Crippen molar-refractivity contribution in [3.05, 3.63) is 30.1 Å². The zero-order valence-electron chi connectivity index (χ0n) is 11.5. The van der Waals surface area contributed by atoms with E-state index in [1.165, 1.54) is 12.1 Å². The summed E-state index contributed by atoms with van der Waals surface area (Å²) in [5.41, 5.74) is 6.36. The molecule has 20 heavy (non-hydrogen) atoms.